The van der Waals surface area contributed by atoms with Crippen molar-refractivity contribution in [1.29, 1.82) is 0 Å². The second kappa shape index (κ2) is 17.3. The lowest BCUT2D eigenvalue weighted by atomic mass is 10.2. The van der Waals surface area contributed by atoms with E-state index in [4.69, 9.17) is 0 Å². The Morgan fingerprint density at radius 3 is 1.30 bits per heavy atom. The molecule has 0 saturated carbocycles. The van der Waals surface area contributed by atoms with E-state index in [0.29, 0.717) is 14.9 Å². The van der Waals surface area contributed by atoms with Gasteiger partial charge in [0.2, 0.25) is 29.5 Å². The average molecular weight is 709 g/mol. The Labute approximate surface area is 279 Å². The molecule has 0 atom stereocenters. The van der Waals surface area contributed by atoms with Crippen molar-refractivity contribution in [3.63, 3.8) is 0 Å². The standard InChI is InChI=1S/C17H18N2O10.C11H10N2O8/c20-10(1-2-11(21)18-12(22)3-4-13(18)23)9-28-16(26)7-8-17(27)29-19-14(24)5-6-15(19)25;14-6-1-2-7(15)12(6)10(18)5-20-11(19)21-13-8(16)3-4-9(13)17/h1-9H2;1-5H2. The van der Waals surface area contributed by atoms with Gasteiger partial charge in [-0.2, -0.15) is 0 Å². The van der Waals surface area contributed by atoms with Crippen LogP contribution >= 0.6 is 0 Å². The molecule has 4 heterocycles. The number of ketones is 1. The van der Waals surface area contributed by atoms with Crippen molar-refractivity contribution in [3.05, 3.63) is 0 Å². The smallest absolute Gasteiger partial charge is 0.458 e. The number of hydroxylamine groups is 4. The quantitative estimate of drug-likeness (QED) is 0.154. The molecular weight excluding hydrogens is 680 g/mol. The van der Waals surface area contributed by atoms with Crippen LogP contribution in [0, 0.1) is 0 Å². The SMILES string of the molecule is O=C(CCC(=O)N1C(=O)CCC1=O)COC(=O)CCC(=O)ON1C(=O)CCC1=O.O=C(OCC(=O)N1C(=O)CCC1=O)ON1C(=O)CCC1=O. The van der Waals surface area contributed by atoms with Crippen LogP contribution in [0.15, 0.2) is 0 Å². The van der Waals surface area contributed by atoms with Gasteiger partial charge in [0.05, 0.1) is 12.8 Å². The highest BCUT2D eigenvalue weighted by Crippen LogP contribution is 2.16. The maximum Gasteiger partial charge on any atom is 0.534 e. The lowest BCUT2D eigenvalue weighted by Crippen LogP contribution is -2.39. The zero-order chi connectivity index (χ0) is 37.1. The molecule has 4 rings (SSSR count). The molecule has 10 amide bonds. The molecule has 268 valence electrons. The van der Waals surface area contributed by atoms with Crippen LogP contribution in [0.4, 0.5) is 4.79 Å². The molecule has 0 aromatic rings. The molecule has 4 aliphatic heterocycles. The zero-order valence-electron chi connectivity index (χ0n) is 26.0. The highest BCUT2D eigenvalue weighted by atomic mass is 16.8. The van der Waals surface area contributed by atoms with E-state index in [2.05, 4.69) is 19.1 Å². The largest absolute Gasteiger partial charge is 0.534 e. The fraction of sp³-hybridized carbons (Fsp3) is 0.500. The molecule has 4 fully saturated rings. The topological polar surface area (TPSA) is 289 Å². The molecule has 4 aliphatic rings. The molecule has 0 bridgehead atoms. The fourth-order valence-corrected chi connectivity index (χ4v) is 4.33. The van der Waals surface area contributed by atoms with Gasteiger partial charge in [0.1, 0.15) is 6.61 Å². The molecule has 4 saturated heterocycles. The Morgan fingerprint density at radius 1 is 0.420 bits per heavy atom. The summed E-state index contributed by atoms with van der Waals surface area (Å²) in [7, 11) is 0. The molecule has 0 aromatic heterocycles. The highest BCUT2D eigenvalue weighted by molar-refractivity contribution is 6.16. The Balaban J connectivity index is 0.000000284. The summed E-state index contributed by atoms with van der Waals surface area (Å²) in [4.78, 5) is 169. The molecule has 22 heteroatoms. The second-order valence-corrected chi connectivity index (χ2v) is 10.5. The molecule has 0 spiro atoms. The van der Waals surface area contributed by atoms with Gasteiger partial charge >= 0.3 is 18.1 Å². The minimum atomic E-state index is -1.45. The number of Topliss-reactive ketones (excluding diaryl/α,β-unsaturated/α-hetero) is 1. The predicted molar refractivity (Wildman–Crippen MR) is 147 cm³/mol. The Bertz CT molecular complexity index is 1500. The van der Waals surface area contributed by atoms with Crippen LogP contribution in [-0.2, 0) is 81.5 Å². The number of hydrogen-bond donors (Lipinski definition) is 0. The number of esters is 1. The molecule has 0 aromatic carbocycles. The number of rotatable bonds is 12. The number of carbonyl (C=O) groups is 14. The summed E-state index contributed by atoms with van der Waals surface area (Å²) in [6.07, 6.45) is -3.59. The molecule has 0 N–H and O–H groups in total. The van der Waals surface area contributed by atoms with Gasteiger partial charge in [-0.15, -0.1) is 5.06 Å². The van der Waals surface area contributed by atoms with Gasteiger partial charge in [-0.1, -0.05) is 5.06 Å². The summed E-state index contributed by atoms with van der Waals surface area (Å²) < 4.78 is 9.03. The van der Waals surface area contributed by atoms with Crippen LogP contribution in [0.5, 0.6) is 0 Å². The number of ether oxygens (including phenoxy) is 2. The van der Waals surface area contributed by atoms with Crippen LogP contribution < -0.4 is 0 Å². The van der Waals surface area contributed by atoms with E-state index >= 15 is 0 Å². The van der Waals surface area contributed by atoms with Crippen LogP contribution in [0.25, 0.3) is 0 Å². The first kappa shape index (κ1) is 38.2. The fourth-order valence-electron chi connectivity index (χ4n) is 4.33. The Kier molecular flexibility index (Phi) is 13.2. The van der Waals surface area contributed by atoms with Crippen LogP contribution in [0.1, 0.15) is 77.0 Å². The van der Waals surface area contributed by atoms with Crippen LogP contribution in [0.2, 0.25) is 0 Å². The predicted octanol–water partition coefficient (Wildman–Crippen LogP) is -2.18. The lowest BCUT2D eigenvalue weighted by Gasteiger charge is -2.14. The van der Waals surface area contributed by atoms with Gasteiger partial charge in [-0.05, 0) is 0 Å². The third-order valence-electron chi connectivity index (χ3n) is 6.83. The van der Waals surface area contributed by atoms with E-state index < -0.39 is 109 Å². The number of carbonyl (C=O) groups excluding carboxylic acids is 14. The van der Waals surface area contributed by atoms with E-state index in [1.165, 1.54) is 0 Å². The molecule has 0 radical (unpaired) electrons. The first-order valence-corrected chi connectivity index (χ1v) is 14.8. The monoisotopic (exact) mass is 708 g/mol. The number of likely N-dealkylation sites (tertiary alicyclic amines) is 2. The molecule has 0 unspecified atom stereocenters. The van der Waals surface area contributed by atoms with Crippen molar-refractivity contribution in [3.8, 4) is 0 Å². The van der Waals surface area contributed by atoms with Crippen molar-refractivity contribution in [2.75, 3.05) is 13.2 Å². The van der Waals surface area contributed by atoms with E-state index in [-0.39, 0.29) is 69.3 Å². The van der Waals surface area contributed by atoms with E-state index in [1.54, 1.807) is 0 Å². The number of amides is 10. The third kappa shape index (κ3) is 10.4. The van der Waals surface area contributed by atoms with Gasteiger partial charge in [-0.25, -0.2) is 19.4 Å². The molecule has 0 aliphatic carbocycles. The zero-order valence-corrected chi connectivity index (χ0v) is 26.0. The number of imide groups is 8. The summed E-state index contributed by atoms with van der Waals surface area (Å²) in [6, 6.07) is 0. The summed E-state index contributed by atoms with van der Waals surface area (Å²) in [5.41, 5.74) is 0. The maximum absolute atomic E-state index is 11.8. The average Bonchev–Trinajstić information content (AvgIpc) is 3.79. The van der Waals surface area contributed by atoms with Gasteiger partial charge in [0, 0.05) is 64.2 Å². The van der Waals surface area contributed by atoms with Gasteiger partial charge < -0.3 is 14.3 Å². The van der Waals surface area contributed by atoms with Crippen molar-refractivity contribution < 1.29 is 86.3 Å². The van der Waals surface area contributed by atoms with Crippen molar-refractivity contribution >= 4 is 82.9 Å². The second-order valence-electron chi connectivity index (χ2n) is 10.5. The van der Waals surface area contributed by atoms with Gasteiger partial charge in [0.15, 0.2) is 12.4 Å². The van der Waals surface area contributed by atoms with Crippen molar-refractivity contribution in [2.24, 2.45) is 0 Å². The summed E-state index contributed by atoms with van der Waals surface area (Å²) >= 11 is 0. The Hall–Kier alpha value is -6.22. The van der Waals surface area contributed by atoms with Crippen LogP contribution in [0.3, 0.4) is 0 Å². The third-order valence-corrected chi connectivity index (χ3v) is 6.83. The minimum Gasteiger partial charge on any atom is -0.458 e. The number of nitrogens with zero attached hydrogens (tertiary/aromatic N) is 4. The Morgan fingerprint density at radius 2 is 0.820 bits per heavy atom. The normalized spacial score (nSPS) is 17.3. The summed E-state index contributed by atoms with van der Waals surface area (Å²) in [5.74, 6) is -9.56. The molecule has 50 heavy (non-hydrogen) atoms. The van der Waals surface area contributed by atoms with Gasteiger partial charge in [-0.3, -0.25) is 62.4 Å². The first-order valence-electron chi connectivity index (χ1n) is 14.8. The first-order chi connectivity index (χ1) is 23.6. The number of hydrogen-bond acceptors (Lipinski definition) is 18. The molecule has 22 nitrogen and oxygen atoms in total. The lowest BCUT2D eigenvalue weighted by molar-refractivity contribution is -0.197. The minimum absolute atomic E-state index is 0.0430. The molecular formula is C28H28N4O18. The van der Waals surface area contributed by atoms with E-state index in [1.807, 2.05) is 0 Å². The van der Waals surface area contributed by atoms with Gasteiger partial charge in [0.25, 0.3) is 29.5 Å². The van der Waals surface area contributed by atoms with E-state index in [9.17, 15) is 67.1 Å². The maximum atomic E-state index is 11.8. The van der Waals surface area contributed by atoms with Crippen molar-refractivity contribution in [2.45, 2.75) is 77.0 Å². The summed E-state index contributed by atoms with van der Waals surface area (Å²) in [6.45, 7) is -1.56. The van der Waals surface area contributed by atoms with Crippen molar-refractivity contribution in [1.82, 2.24) is 19.9 Å². The van der Waals surface area contributed by atoms with E-state index in [0.717, 1.165) is 0 Å². The summed E-state index contributed by atoms with van der Waals surface area (Å²) in [5, 5.41) is 0.600. The highest BCUT2D eigenvalue weighted by Gasteiger charge is 2.37. The van der Waals surface area contributed by atoms with Crippen LogP contribution in [-0.4, -0.2) is 116 Å².